The third-order valence-corrected chi connectivity index (χ3v) is 13.8. The van der Waals surface area contributed by atoms with Gasteiger partial charge in [-0.1, -0.05) is 277 Å². The van der Waals surface area contributed by atoms with Gasteiger partial charge < -0.3 is 20.1 Å². The Morgan fingerprint density at radius 3 is 1.06 bits per heavy atom. The van der Waals surface area contributed by atoms with Crippen LogP contribution in [0.25, 0.3) is 0 Å². The molecule has 0 amide bonds. The fraction of sp³-hybridized carbons (Fsp3) is 0.672. The molecule has 0 fully saturated rings. The smallest absolute Gasteiger partial charge is 0.462 e. The van der Waals surface area contributed by atoms with Crippen LogP contribution in [0.4, 0.5) is 0 Å². The molecule has 0 radical (unpaired) electrons. The molecule has 0 saturated heterocycles. The van der Waals surface area contributed by atoms with E-state index in [1.54, 1.807) is 0 Å². The Morgan fingerprint density at radius 1 is 0.403 bits per heavy atom. The molecule has 0 spiro atoms. The van der Waals surface area contributed by atoms with Crippen LogP contribution in [0.2, 0.25) is 0 Å². The highest BCUT2D eigenvalue weighted by Gasteiger charge is 2.26. The number of carbonyl (C=O) groups is 2. The Bertz CT molecular complexity index is 1670. The lowest BCUT2D eigenvalue weighted by Gasteiger charge is -2.19. The van der Waals surface area contributed by atoms with Gasteiger partial charge >= 0.3 is 19.8 Å². The summed E-state index contributed by atoms with van der Waals surface area (Å²) in [6, 6.07) is 0. The van der Waals surface area contributed by atoms with Gasteiger partial charge in [0.05, 0.1) is 13.2 Å². The minimum atomic E-state index is -4.40. The Balaban J connectivity index is 4.02. The number of ether oxygens (including phenoxy) is 2. The van der Waals surface area contributed by atoms with Gasteiger partial charge in [-0.2, -0.15) is 0 Å². The number of rotatable bonds is 57. The molecule has 0 saturated carbocycles. The largest absolute Gasteiger partial charge is 0.472 e. The Kier molecular flexibility index (Phi) is 58.7. The number of allylic oxidation sites excluding steroid dienone is 20. The van der Waals surface area contributed by atoms with Gasteiger partial charge in [0.15, 0.2) is 6.10 Å². The van der Waals surface area contributed by atoms with Gasteiger partial charge in [-0.3, -0.25) is 18.6 Å². The van der Waals surface area contributed by atoms with Gasteiger partial charge in [-0.25, -0.2) is 4.57 Å². The highest BCUT2D eigenvalue weighted by atomic mass is 31.2. The van der Waals surface area contributed by atoms with E-state index in [1.165, 1.54) is 103 Å². The minimum Gasteiger partial charge on any atom is -0.462 e. The molecule has 3 N–H and O–H groups in total. The number of hydrogen-bond donors (Lipinski definition) is 2. The molecule has 9 nitrogen and oxygen atoms in total. The maximum atomic E-state index is 12.7. The fourth-order valence-corrected chi connectivity index (χ4v) is 9.08. The number of nitrogens with two attached hydrogens (primary N) is 1. The zero-order chi connectivity index (χ0) is 55.9. The predicted molar refractivity (Wildman–Crippen MR) is 330 cm³/mol. The van der Waals surface area contributed by atoms with Crippen LogP contribution in [0.3, 0.4) is 0 Å². The van der Waals surface area contributed by atoms with Crippen LogP contribution < -0.4 is 5.73 Å². The number of hydrogen-bond acceptors (Lipinski definition) is 8. The van der Waals surface area contributed by atoms with Gasteiger partial charge in [0.2, 0.25) is 0 Å². The molecule has 0 heterocycles. The summed E-state index contributed by atoms with van der Waals surface area (Å²) in [5, 5.41) is 0. The van der Waals surface area contributed by atoms with Crippen LogP contribution in [0.15, 0.2) is 122 Å². The summed E-state index contributed by atoms with van der Waals surface area (Å²) in [5.41, 5.74) is 5.38. The van der Waals surface area contributed by atoms with Crippen molar-refractivity contribution in [3.8, 4) is 0 Å². The number of unbranched alkanes of at least 4 members (excludes halogenated alkanes) is 24. The maximum Gasteiger partial charge on any atom is 0.472 e. The first-order valence-corrected chi connectivity index (χ1v) is 32.5. The van der Waals surface area contributed by atoms with Crippen molar-refractivity contribution in [2.45, 2.75) is 264 Å². The molecule has 0 aromatic carbocycles. The molecular formula is C67H114NO8P. The molecule has 2 atom stereocenters. The molecule has 0 aliphatic rings. The average Bonchev–Trinajstić information content (AvgIpc) is 3.42. The zero-order valence-electron chi connectivity index (χ0n) is 49.2. The second kappa shape index (κ2) is 61.6. The maximum absolute atomic E-state index is 12.7. The SMILES string of the molecule is CC/C=C\C/C=C\C/C=C\C/C=C\C/C=C\C/C=C\C/C=C\C/C=C\C/C=C\C/C=C\CCCCCCCCC(=O)OC(COC(=O)CCCCCCCCCCCCCCCCCCCCC)COP(=O)(O)OCCN. The highest BCUT2D eigenvalue weighted by Crippen LogP contribution is 2.43. The lowest BCUT2D eigenvalue weighted by atomic mass is 10.0. The summed E-state index contributed by atoms with van der Waals surface area (Å²) in [4.78, 5) is 35.2. The van der Waals surface area contributed by atoms with Gasteiger partial charge in [0, 0.05) is 19.4 Å². The summed E-state index contributed by atoms with van der Waals surface area (Å²) >= 11 is 0. The van der Waals surface area contributed by atoms with E-state index in [4.69, 9.17) is 24.3 Å². The molecule has 77 heavy (non-hydrogen) atoms. The first-order valence-electron chi connectivity index (χ1n) is 31.0. The predicted octanol–water partition coefficient (Wildman–Crippen LogP) is 20.0. The first-order chi connectivity index (χ1) is 37.8. The number of carbonyl (C=O) groups excluding carboxylic acids is 2. The second-order valence-electron chi connectivity index (χ2n) is 20.2. The Morgan fingerprint density at radius 2 is 0.714 bits per heavy atom. The molecule has 10 heteroatoms. The van der Waals surface area contributed by atoms with Crippen molar-refractivity contribution in [1.29, 1.82) is 0 Å². The van der Waals surface area contributed by atoms with Crippen LogP contribution >= 0.6 is 7.82 Å². The van der Waals surface area contributed by atoms with E-state index in [2.05, 4.69) is 135 Å². The molecular weight excluding hydrogens is 978 g/mol. The fourth-order valence-electron chi connectivity index (χ4n) is 8.31. The zero-order valence-corrected chi connectivity index (χ0v) is 50.0. The van der Waals surface area contributed by atoms with Gasteiger partial charge in [0.1, 0.15) is 6.61 Å². The normalized spacial score (nSPS) is 13.9. The highest BCUT2D eigenvalue weighted by molar-refractivity contribution is 7.47. The van der Waals surface area contributed by atoms with E-state index in [0.717, 1.165) is 122 Å². The number of phosphoric acid groups is 1. The standard InChI is InChI=1S/C67H114NO8P/c1-3-5-7-9-11-13-15-17-19-21-23-24-25-26-27-28-29-30-31-32-33-34-35-36-37-38-39-40-42-44-46-48-50-52-54-56-58-60-67(70)76-65(64-75-77(71,72)74-62-61-68)63-73-66(69)59-57-55-53-51-49-47-45-43-41-22-20-18-16-14-12-10-8-6-4-2/h5,7,11,13,17,19,23-24,26-27,29-30,32-33,35-36,38-39,42,44,65H,3-4,6,8-10,12,14-16,18,20-22,25,28,31,34,37,40-41,43,45-64,68H2,1-2H3,(H,71,72)/b7-5-,13-11-,19-17-,24-23-,27-26-,30-29-,33-32-,36-35-,39-38-,44-42-. The van der Waals surface area contributed by atoms with E-state index in [9.17, 15) is 19.0 Å². The van der Waals surface area contributed by atoms with Crippen molar-refractivity contribution in [2.24, 2.45) is 5.73 Å². The topological polar surface area (TPSA) is 134 Å². The molecule has 0 aliphatic heterocycles. The lowest BCUT2D eigenvalue weighted by Crippen LogP contribution is -2.29. The summed E-state index contributed by atoms with van der Waals surface area (Å²) in [6.45, 7) is 3.63. The van der Waals surface area contributed by atoms with Crippen molar-refractivity contribution in [3.63, 3.8) is 0 Å². The molecule has 440 valence electrons. The van der Waals surface area contributed by atoms with E-state index in [1.807, 2.05) is 0 Å². The second-order valence-corrected chi connectivity index (χ2v) is 21.7. The number of phosphoric ester groups is 1. The van der Waals surface area contributed by atoms with Crippen molar-refractivity contribution in [3.05, 3.63) is 122 Å². The average molecular weight is 1090 g/mol. The van der Waals surface area contributed by atoms with Crippen molar-refractivity contribution in [2.75, 3.05) is 26.4 Å². The monoisotopic (exact) mass is 1090 g/mol. The third-order valence-electron chi connectivity index (χ3n) is 12.9. The molecule has 0 rings (SSSR count). The molecule has 0 aliphatic carbocycles. The van der Waals surface area contributed by atoms with Gasteiger partial charge in [-0.15, -0.1) is 0 Å². The quantitative estimate of drug-likeness (QED) is 0.0264. The third kappa shape index (κ3) is 61.5. The van der Waals surface area contributed by atoms with E-state index in [-0.39, 0.29) is 38.6 Å². The van der Waals surface area contributed by atoms with Crippen LogP contribution in [0.1, 0.15) is 258 Å². The molecule has 2 unspecified atom stereocenters. The summed E-state index contributed by atoms with van der Waals surface area (Å²) in [6.07, 6.45) is 85.4. The van der Waals surface area contributed by atoms with E-state index < -0.39 is 26.5 Å². The van der Waals surface area contributed by atoms with Gasteiger partial charge in [-0.05, 0) is 89.9 Å². The summed E-state index contributed by atoms with van der Waals surface area (Å²) in [7, 11) is -4.40. The van der Waals surface area contributed by atoms with Crippen molar-refractivity contribution in [1.82, 2.24) is 0 Å². The molecule has 0 aromatic rings. The summed E-state index contributed by atoms with van der Waals surface area (Å²) < 4.78 is 33.0. The van der Waals surface area contributed by atoms with E-state index in [0.29, 0.717) is 6.42 Å². The Hall–Kier alpha value is -3.59. The molecule has 0 bridgehead atoms. The van der Waals surface area contributed by atoms with Crippen molar-refractivity contribution >= 4 is 19.8 Å². The van der Waals surface area contributed by atoms with Crippen LogP contribution in [-0.2, 0) is 32.7 Å². The van der Waals surface area contributed by atoms with Crippen LogP contribution in [-0.4, -0.2) is 49.3 Å². The van der Waals surface area contributed by atoms with Crippen LogP contribution in [0, 0.1) is 0 Å². The lowest BCUT2D eigenvalue weighted by molar-refractivity contribution is -0.161. The van der Waals surface area contributed by atoms with Gasteiger partial charge in [0.25, 0.3) is 0 Å². The van der Waals surface area contributed by atoms with E-state index >= 15 is 0 Å². The number of esters is 2. The first kappa shape index (κ1) is 73.4. The van der Waals surface area contributed by atoms with Crippen molar-refractivity contribution < 1.29 is 37.6 Å². The Labute approximate surface area is 472 Å². The molecule has 0 aromatic heterocycles. The minimum absolute atomic E-state index is 0.0462. The summed E-state index contributed by atoms with van der Waals surface area (Å²) in [5.74, 6) is -0.844. The van der Waals surface area contributed by atoms with Crippen LogP contribution in [0.5, 0.6) is 0 Å².